The number of carbonyl (C=O) groups excluding carboxylic acids is 2. The average Bonchev–Trinajstić information content (AvgIpc) is 2.90. The van der Waals surface area contributed by atoms with Crippen molar-refractivity contribution in [3.63, 3.8) is 0 Å². The minimum Gasteiger partial charge on any atom is -0.355 e. The molecule has 0 spiro atoms. The van der Waals surface area contributed by atoms with Crippen molar-refractivity contribution < 1.29 is 9.59 Å². The zero-order chi connectivity index (χ0) is 15.0. The summed E-state index contributed by atoms with van der Waals surface area (Å²) in [5.41, 5.74) is 5.30. The van der Waals surface area contributed by atoms with Gasteiger partial charge in [-0.3, -0.25) is 9.59 Å². The summed E-state index contributed by atoms with van der Waals surface area (Å²) in [5, 5.41) is 2.74. The SMILES string of the molecule is CCCNC(=O)CN(C)C(=O)c1ccc(C#CCN)s1. The highest BCUT2D eigenvalue weighted by molar-refractivity contribution is 7.14. The molecular weight excluding hydrogens is 274 g/mol. The van der Waals surface area contributed by atoms with E-state index >= 15 is 0 Å². The number of nitrogens with one attached hydrogen (secondary N) is 1. The van der Waals surface area contributed by atoms with Crippen molar-refractivity contribution in [3.8, 4) is 11.8 Å². The number of hydrogen-bond donors (Lipinski definition) is 2. The third-order valence-electron chi connectivity index (χ3n) is 2.43. The first kappa shape index (κ1) is 16.2. The molecule has 0 saturated carbocycles. The van der Waals surface area contributed by atoms with E-state index in [9.17, 15) is 9.59 Å². The van der Waals surface area contributed by atoms with Crippen LogP contribution in [0.1, 0.15) is 27.9 Å². The van der Waals surface area contributed by atoms with E-state index < -0.39 is 0 Å². The minimum atomic E-state index is -0.178. The van der Waals surface area contributed by atoms with Gasteiger partial charge >= 0.3 is 0 Å². The summed E-state index contributed by atoms with van der Waals surface area (Å²) >= 11 is 1.30. The minimum absolute atomic E-state index is 0.0561. The van der Waals surface area contributed by atoms with E-state index in [4.69, 9.17) is 5.73 Å². The predicted octanol–water partition coefficient (Wildman–Crippen LogP) is 0.656. The summed E-state index contributed by atoms with van der Waals surface area (Å²) < 4.78 is 0. The Labute approximate surface area is 123 Å². The summed E-state index contributed by atoms with van der Waals surface area (Å²) in [6.45, 7) is 2.95. The van der Waals surface area contributed by atoms with Gasteiger partial charge in [-0.1, -0.05) is 18.8 Å². The third-order valence-corrected chi connectivity index (χ3v) is 3.42. The summed E-state index contributed by atoms with van der Waals surface area (Å²) in [6.07, 6.45) is 0.873. The van der Waals surface area contributed by atoms with Crippen LogP contribution in [0.3, 0.4) is 0 Å². The van der Waals surface area contributed by atoms with Crippen LogP contribution in [0.2, 0.25) is 0 Å². The smallest absolute Gasteiger partial charge is 0.264 e. The molecule has 0 unspecified atom stereocenters. The van der Waals surface area contributed by atoms with Crippen molar-refractivity contribution in [1.29, 1.82) is 0 Å². The molecule has 108 valence electrons. The third kappa shape index (κ3) is 5.03. The van der Waals surface area contributed by atoms with Crippen LogP contribution in [-0.4, -0.2) is 43.4 Å². The van der Waals surface area contributed by atoms with E-state index in [0.717, 1.165) is 11.3 Å². The van der Waals surface area contributed by atoms with Gasteiger partial charge in [0.25, 0.3) is 5.91 Å². The molecule has 6 heteroatoms. The van der Waals surface area contributed by atoms with Crippen LogP contribution in [0.15, 0.2) is 12.1 Å². The van der Waals surface area contributed by atoms with Crippen LogP contribution in [-0.2, 0) is 4.79 Å². The lowest BCUT2D eigenvalue weighted by Gasteiger charge is -2.15. The van der Waals surface area contributed by atoms with Gasteiger partial charge in [0, 0.05) is 13.6 Å². The molecular formula is C14H19N3O2S. The van der Waals surface area contributed by atoms with E-state index in [1.54, 1.807) is 19.2 Å². The quantitative estimate of drug-likeness (QED) is 0.783. The Kier molecular flexibility index (Phi) is 6.77. The molecule has 1 heterocycles. The maximum atomic E-state index is 12.1. The lowest BCUT2D eigenvalue weighted by atomic mass is 10.3. The highest BCUT2D eigenvalue weighted by atomic mass is 32.1. The van der Waals surface area contributed by atoms with Gasteiger partial charge in [-0.25, -0.2) is 0 Å². The number of rotatable bonds is 5. The second-order valence-electron chi connectivity index (χ2n) is 4.18. The van der Waals surface area contributed by atoms with Gasteiger partial charge in [-0.2, -0.15) is 0 Å². The van der Waals surface area contributed by atoms with E-state index in [2.05, 4.69) is 17.2 Å². The first-order valence-corrected chi connectivity index (χ1v) is 7.21. The molecule has 20 heavy (non-hydrogen) atoms. The van der Waals surface area contributed by atoms with Crippen LogP contribution < -0.4 is 11.1 Å². The number of likely N-dealkylation sites (N-methyl/N-ethyl adjacent to an activating group) is 1. The van der Waals surface area contributed by atoms with E-state index in [-0.39, 0.29) is 18.4 Å². The molecule has 1 aromatic heterocycles. The number of nitrogens with zero attached hydrogens (tertiary/aromatic N) is 1. The maximum absolute atomic E-state index is 12.1. The Bertz CT molecular complexity index is 528. The molecule has 0 atom stereocenters. The fraction of sp³-hybridized carbons (Fsp3) is 0.429. The van der Waals surface area contributed by atoms with Crippen molar-refractivity contribution in [2.75, 3.05) is 26.7 Å². The van der Waals surface area contributed by atoms with Crippen molar-refractivity contribution >= 4 is 23.2 Å². The van der Waals surface area contributed by atoms with E-state index in [1.807, 2.05) is 6.92 Å². The molecule has 1 aromatic rings. The van der Waals surface area contributed by atoms with Crippen LogP contribution >= 0.6 is 11.3 Å². The van der Waals surface area contributed by atoms with Gasteiger partial charge < -0.3 is 16.0 Å². The summed E-state index contributed by atoms with van der Waals surface area (Å²) in [4.78, 5) is 26.4. The Balaban J connectivity index is 2.60. The normalized spacial score (nSPS) is 9.55. The van der Waals surface area contributed by atoms with Gasteiger partial charge in [0.2, 0.25) is 5.91 Å². The largest absolute Gasteiger partial charge is 0.355 e. The Morgan fingerprint density at radius 1 is 1.45 bits per heavy atom. The van der Waals surface area contributed by atoms with Gasteiger partial charge in [-0.15, -0.1) is 11.3 Å². The molecule has 5 nitrogen and oxygen atoms in total. The zero-order valence-corrected chi connectivity index (χ0v) is 12.5. The highest BCUT2D eigenvalue weighted by Gasteiger charge is 2.16. The summed E-state index contributed by atoms with van der Waals surface area (Å²) in [6, 6.07) is 3.50. The molecule has 2 amide bonds. The van der Waals surface area contributed by atoms with E-state index in [1.165, 1.54) is 16.2 Å². The topological polar surface area (TPSA) is 75.4 Å². The fourth-order valence-electron chi connectivity index (χ4n) is 1.45. The Morgan fingerprint density at radius 2 is 2.20 bits per heavy atom. The van der Waals surface area contributed by atoms with Crippen molar-refractivity contribution in [2.45, 2.75) is 13.3 Å². The van der Waals surface area contributed by atoms with Crippen LogP contribution in [0.5, 0.6) is 0 Å². The highest BCUT2D eigenvalue weighted by Crippen LogP contribution is 2.16. The van der Waals surface area contributed by atoms with Crippen LogP contribution in [0.25, 0.3) is 0 Å². The summed E-state index contributed by atoms with van der Waals surface area (Å²) in [7, 11) is 1.61. The van der Waals surface area contributed by atoms with E-state index in [0.29, 0.717) is 18.0 Å². The number of thiophene rings is 1. The summed E-state index contributed by atoms with van der Waals surface area (Å²) in [5.74, 6) is 5.29. The Hall–Kier alpha value is -1.84. The Morgan fingerprint density at radius 3 is 2.85 bits per heavy atom. The molecule has 0 saturated heterocycles. The molecule has 0 radical (unpaired) electrons. The molecule has 0 aliphatic carbocycles. The molecule has 0 bridgehead atoms. The van der Waals surface area contributed by atoms with Gasteiger partial charge in [0.1, 0.15) is 0 Å². The number of amides is 2. The second-order valence-corrected chi connectivity index (χ2v) is 5.26. The van der Waals surface area contributed by atoms with Gasteiger partial charge in [0.15, 0.2) is 0 Å². The fourth-order valence-corrected chi connectivity index (χ4v) is 2.33. The average molecular weight is 293 g/mol. The molecule has 0 aliphatic rings. The van der Waals surface area contributed by atoms with Crippen molar-refractivity contribution in [2.24, 2.45) is 5.73 Å². The lowest BCUT2D eigenvalue weighted by molar-refractivity contribution is -0.121. The number of hydrogen-bond acceptors (Lipinski definition) is 4. The first-order valence-electron chi connectivity index (χ1n) is 6.39. The lowest BCUT2D eigenvalue weighted by Crippen LogP contribution is -2.38. The molecule has 0 fully saturated rings. The maximum Gasteiger partial charge on any atom is 0.264 e. The predicted molar refractivity (Wildman–Crippen MR) is 80.5 cm³/mol. The number of nitrogens with two attached hydrogens (primary N) is 1. The van der Waals surface area contributed by atoms with Crippen LogP contribution in [0, 0.1) is 11.8 Å². The van der Waals surface area contributed by atoms with Crippen LogP contribution in [0.4, 0.5) is 0 Å². The second kappa shape index (κ2) is 8.35. The van der Waals surface area contributed by atoms with Gasteiger partial charge in [-0.05, 0) is 18.6 Å². The first-order chi connectivity index (χ1) is 9.58. The molecule has 0 aliphatic heterocycles. The number of carbonyl (C=O) groups is 2. The van der Waals surface area contributed by atoms with Crippen molar-refractivity contribution in [3.05, 3.63) is 21.9 Å². The molecule has 0 aromatic carbocycles. The van der Waals surface area contributed by atoms with Gasteiger partial charge in [0.05, 0.1) is 22.8 Å². The van der Waals surface area contributed by atoms with Crippen molar-refractivity contribution in [1.82, 2.24) is 10.2 Å². The monoisotopic (exact) mass is 293 g/mol. The molecule has 1 rings (SSSR count). The zero-order valence-electron chi connectivity index (χ0n) is 11.7. The standard InChI is InChI=1S/C14H19N3O2S/c1-3-9-16-13(18)10-17(2)14(19)12-7-6-11(20-12)5-4-8-15/h6-7H,3,8-10,15H2,1-2H3,(H,16,18). The molecule has 3 N–H and O–H groups in total.